The molecule has 0 atom stereocenters. The van der Waals surface area contributed by atoms with Gasteiger partial charge in [0.15, 0.2) is 0 Å². The number of benzene rings is 1. The van der Waals surface area contributed by atoms with Crippen molar-refractivity contribution in [2.75, 3.05) is 5.32 Å². The van der Waals surface area contributed by atoms with Crippen LogP contribution >= 0.6 is 11.6 Å². The Morgan fingerprint density at radius 3 is 2.93 bits per heavy atom. The lowest BCUT2D eigenvalue weighted by Gasteiger charge is -2.08. The molecule has 0 aliphatic rings. The number of allylic oxidation sites excluding steroid dienone is 1. The van der Waals surface area contributed by atoms with Gasteiger partial charge in [-0.25, -0.2) is 0 Å². The number of hydrogen-bond acceptors (Lipinski definition) is 1. The fourth-order valence-electron chi connectivity index (χ4n) is 1.19. The number of rotatable bonds is 3. The average Bonchev–Trinajstić information content (AvgIpc) is 2.09. The van der Waals surface area contributed by atoms with Gasteiger partial charge in [-0.2, -0.15) is 0 Å². The molecule has 0 aliphatic carbocycles. The second-order valence-electron chi connectivity index (χ2n) is 2.98. The molecule has 1 N–H and O–H groups in total. The Morgan fingerprint density at radius 1 is 1.64 bits per heavy atom. The van der Waals surface area contributed by atoms with Crippen molar-refractivity contribution in [1.82, 2.24) is 0 Å². The van der Waals surface area contributed by atoms with Gasteiger partial charge in [0.05, 0.1) is 0 Å². The van der Waals surface area contributed by atoms with E-state index in [1.54, 1.807) is 18.2 Å². The molecule has 1 aromatic rings. The van der Waals surface area contributed by atoms with Crippen molar-refractivity contribution < 1.29 is 4.79 Å². The van der Waals surface area contributed by atoms with Gasteiger partial charge in [0.1, 0.15) is 0 Å². The average molecular weight is 210 g/mol. The minimum absolute atomic E-state index is 0.0995. The molecule has 0 fully saturated rings. The maximum absolute atomic E-state index is 10.9. The van der Waals surface area contributed by atoms with Crippen LogP contribution in [0.4, 0.5) is 5.69 Å². The Balaban J connectivity index is 3.01. The zero-order valence-corrected chi connectivity index (χ0v) is 8.77. The van der Waals surface area contributed by atoms with Crippen LogP contribution in [0.25, 0.3) is 0 Å². The highest BCUT2D eigenvalue weighted by Crippen LogP contribution is 2.21. The normalized spacial score (nSPS) is 9.57. The van der Waals surface area contributed by atoms with Gasteiger partial charge in [-0.15, -0.1) is 6.58 Å². The Morgan fingerprint density at radius 2 is 2.36 bits per heavy atom. The van der Waals surface area contributed by atoms with Crippen LogP contribution in [0.15, 0.2) is 30.9 Å². The van der Waals surface area contributed by atoms with Crippen LogP contribution in [-0.2, 0) is 11.2 Å². The van der Waals surface area contributed by atoms with Crippen molar-refractivity contribution in [3.63, 3.8) is 0 Å². The van der Waals surface area contributed by atoms with E-state index in [0.717, 1.165) is 11.3 Å². The predicted molar refractivity (Wildman–Crippen MR) is 59.7 cm³/mol. The quantitative estimate of drug-likeness (QED) is 0.762. The molecule has 1 rings (SSSR count). The van der Waals surface area contributed by atoms with Crippen molar-refractivity contribution >= 4 is 23.2 Å². The first-order valence-electron chi connectivity index (χ1n) is 4.30. The Labute approximate surface area is 88.6 Å². The molecule has 0 saturated carbocycles. The molecule has 0 bridgehead atoms. The zero-order valence-electron chi connectivity index (χ0n) is 8.01. The van der Waals surface area contributed by atoms with Crippen LogP contribution in [-0.4, -0.2) is 5.91 Å². The number of nitrogens with one attached hydrogen (secondary N) is 1. The third kappa shape index (κ3) is 2.89. The van der Waals surface area contributed by atoms with E-state index in [1.165, 1.54) is 6.92 Å². The Kier molecular flexibility index (Phi) is 3.72. The smallest absolute Gasteiger partial charge is 0.221 e. The molecule has 0 radical (unpaired) electrons. The van der Waals surface area contributed by atoms with E-state index in [0.29, 0.717) is 11.4 Å². The number of carbonyl (C=O) groups is 1. The van der Waals surface area contributed by atoms with Crippen molar-refractivity contribution in [1.29, 1.82) is 0 Å². The van der Waals surface area contributed by atoms with Gasteiger partial charge in [0.2, 0.25) is 5.91 Å². The molecule has 0 unspecified atom stereocenters. The van der Waals surface area contributed by atoms with Crippen LogP contribution in [0.5, 0.6) is 0 Å². The van der Waals surface area contributed by atoms with Crippen LogP contribution in [0.2, 0.25) is 5.02 Å². The molecule has 3 heteroatoms. The first-order chi connectivity index (χ1) is 6.63. The van der Waals surface area contributed by atoms with Gasteiger partial charge in [-0.3, -0.25) is 4.79 Å². The van der Waals surface area contributed by atoms with Crippen LogP contribution in [0.1, 0.15) is 12.5 Å². The zero-order chi connectivity index (χ0) is 10.6. The number of carbonyl (C=O) groups excluding carboxylic acids is 1. The molecular formula is C11H12ClNO. The fraction of sp³-hybridized carbons (Fsp3) is 0.182. The third-order valence-electron chi connectivity index (χ3n) is 1.75. The standard InChI is InChI=1S/C11H12ClNO/c1-3-4-9-5-6-10(12)7-11(9)13-8(2)14/h3,5-7H,1,4H2,2H3,(H,13,14). The SMILES string of the molecule is C=CCc1ccc(Cl)cc1NC(C)=O. The lowest BCUT2D eigenvalue weighted by Crippen LogP contribution is -2.07. The first kappa shape index (κ1) is 10.8. The van der Waals surface area contributed by atoms with E-state index < -0.39 is 0 Å². The summed E-state index contributed by atoms with van der Waals surface area (Å²) in [5.74, 6) is -0.0995. The second kappa shape index (κ2) is 4.82. The summed E-state index contributed by atoms with van der Waals surface area (Å²) in [6, 6.07) is 5.42. The maximum Gasteiger partial charge on any atom is 0.221 e. The summed E-state index contributed by atoms with van der Waals surface area (Å²) in [6.45, 7) is 5.12. The van der Waals surface area contributed by atoms with Crippen molar-refractivity contribution in [2.45, 2.75) is 13.3 Å². The molecule has 1 aromatic carbocycles. The molecule has 1 amide bonds. The molecule has 0 aromatic heterocycles. The molecule has 14 heavy (non-hydrogen) atoms. The van der Waals surface area contributed by atoms with E-state index in [4.69, 9.17) is 11.6 Å². The largest absolute Gasteiger partial charge is 0.326 e. The van der Waals surface area contributed by atoms with Gasteiger partial charge in [-0.05, 0) is 24.1 Å². The topological polar surface area (TPSA) is 29.1 Å². The molecular weight excluding hydrogens is 198 g/mol. The number of anilines is 1. The summed E-state index contributed by atoms with van der Waals surface area (Å²) < 4.78 is 0. The van der Waals surface area contributed by atoms with E-state index in [2.05, 4.69) is 11.9 Å². The summed E-state index contributed by atoms with van der Waals surface area (Å²) in [7, 11) is 0. The van der Waals surface area contributed by atoms with E-state index in [1.807, 2.05) is 6.07 Å². The fourth-order valence-corrected chi connectivity index (χ4v) is 1.36. The summed E-state index contributed by atoms with van der Waals surface area (Å²) in [6.07, 6.45) is 2.50. The van der Waals surface area contributed by atoms with Crippen LogP contribution < -0.4 is 5.32 Å². The molecule has 0 spiro atoms. The highest BCUT2D eigenvalue weighted by atomic mass is 35.5. The van der Waals surface area contributed by atoms with Gasteiger partial charge in [0, 0.05) is 17.6 Å². The molecule has 74 valence electrons. The molecule has 0 aliphatic heterocycles. The van der Waals surface area contributed by atoms with E-state index in [-0.39, 0.29) is 5.91 Å². The van der Waals surface area contributed by atoms with E-state index in [9.17, 15) is 4.79 Å². The lowest BCUT2D eigenvalue weighted by atomic mass is 10.1. The monoisotopic (exact) mass is 209 g/mol. The van der Waals surface area contributed by atoms with Gasteiger partial charge >= 0.3 is 0 Å². The minimum atomic E-state index is -0.0995. The molecule has 2 nitrogen and oxygen atoms in total. The third-order valence-corrected chi connectivity index (χ3v) is 1.98. The Hall–Kier alpha value is -1.28. The van der Waals surface area contributed by atoms with Crippen LogP contribution in [0, 0.1) is 0 Å². The summed E-state index contributed by atoms with van der Waals surface area (Å²) in [5, 5.41) is 3.34. The minimum Gasteiger partial charge on any atom is -0.326 e. The van der Waals surface area contributed by atoms with Gasteiger partial charge in [-0.1, -0.05) is 23.7 Å². The lowest BCUT2D eigenvalue weighted by molar-refractivity contribution is -0.114. The first-order valence-corrected chi connectivity index (χ1v) is 4.68. The van der Waals surface area contributed by atoms with Crippen LogP contribution in [0.3, 0.4) is 0 Å². The van der Waals surface area contributed by atoms with Crippen molar-refractivity contribution in [2.24, 2.45) is 0 Å². The molecule has 0 heterocycles. The predicted octanol–water partition coefficient (Wildman–Crippen LogP) is 3.03. The van der Waals surface area contributed by atoms with Gasteiger partial charge < -0.3 is 5.32 Å². The van der Waals surface area contributed by atoms with Crippen molar-refractivity contribution in [3.8, 4) is 0 Å². The van der Waals surface area contributed by atoms with Crippen molar-refractivity contribution in [3.05, 3.63) is 41.4 Å². The molecule has 0 saturated heterocycles. The van der Waals surface area contributed by atoms with E-state index >= 15 is 0 Å². The maximum atomic E-state index is 10.9. The highest BCUT2D eigenvalue weighted by Gasteiger charge is 2.03. The Bertz CT molecular complexity index is 360. The number of hydrogen-bond donors (Lipinski definition) is 1. The summed E-state index contributed by atoms with van der Waals surface area (Å²) >= 11 is 5.82. The summed E-state index contributed by atoms with van der Waals surface area (Å²) in [4.78, 5) is 10.9. The summed E-state index contributed by atoms with van der Waals surface area (Å²) in [5.41, 5.74) is 1.77. The number of halogens is 1. The second-order valence-corrected chi connectivity index (χ2v) is 3.41. The number of amides is 1. The van der Waals surface area contributed by atoms with Gasteiger partial charge in [0.25, 0.3) is 0 Å². The highest BCUT2D eigenvalue weighted by molar-refractivity contribution is 6.31.